The quantitative estimate of drug-likeness (QED) is 0.861. The first-order chi connectivity index (χ1) is 9.56. The number of hydrogen-bond donors (Lipinski definition) is 2. The first-order valence-electron chi connectivity index (χ1n) is 5.74. The molecular weight excluding hydrogens is 264 g/mol. The summed E-state index contributed by atoms with van der Waals surface area (Å²) in [5.74, 6) is -0.599. The Bertz CT molecular complexity index is 635. The van der Waals surface area contributed by atoms with E-state index in [0.717, 1.165) is 0 Å². The van der Waals surface area contributed by atoms with Crippen LogP contribution in [0.15, 0.2) is 34.9 Å². The molecule has 0 aliphatic rings. The number of carboxylic acid groups (broad SMARTS) is 1. The van der Waals surface area contributed by atoms with Crippen molar-refractivity contribution in [2.75, 3.05) is 11.9 Å². The fraction of sp³-hybridized carbons (Fsp3) is 0.154. The molecule has 0 bridgehead atoms. The zero-order chi connectivity index (χ0) is 14.5. The molecule has 20 heavy (non-hydrogen) atoms. The summed E-state index contributed by atoms with van der Waals surface area (Å²) in [5.41, 5.74) is -0.00224. The van der Waals surface area contributed by atoms with Crippen molar-refractivity contribution in [3.63, 3.8) is 0 Å². The number of aromatic carboxylic acids is 1. The van der Waals surface area contributed by atoms with Gasteiger partial charge in [0.25, 0.3) is 5.91 Å². The maximum atomic E-state index is 11.6. The van der Waals surface area contributed by atoms with Crippen molar-refractivity contribution in [2.24, 2.45) is 0 Å². The van der Waals surface area contributed by atoms with Gasteiger partial charge in [-0.15, -0.1) is 0 Å². The number of carboxylic acids is 1. The second-order valence-corrected chi connectivity index (χ2v) is 3.96. The molecule has 2 aromatic rings. The summed E-state index contributed by atoms with van der Waals surface area (Å²) in [5, 5.41) is 15.0. The summed E-state index contributed by atoms with van der Waals surface area (Å²) in [6.45, 7) is 1.37. The molecule has 1 aromatic carbocycles. The van der Waals surface area contributed by atoms with Crippen LogP contribution >= 0.6 is 0 Å². The normalized spacial score (nSPS) is 10.1. The van der Waals surface area contributed by atoms with E-state index in [1.54, 1.807) is 25.1 Å². The largest absolute Gasteiger partial charge is 0.483 e. The average Bonchev–Trinajstić information content (AvgIpc) is 2.82. The lowest BCUT2D eigenvalue weighted by Crippen LogP contribution is -2.21. The fourth-order valence-electron chi connectivity index (χ4n) is 1.52. The van der Waals surface area contributed by atoms with Crippen LogP contribution in [0.3, 0.4) is 0 Å². The topological polar surface area (TPSA) is 102 Å². The first kappa shape index (κ1) is 13.6. The Morgan fingerprint density at radius 3 is 2.80 bits per heavy atom. The number of hydrogen-bond acceptors (Lipinski definition) is 5. The maximum Gasteiger partial charge on any atom is 0.339 e. The molecule has 0 saturated heterocycles. The molecule has 0 radical (unpaired) electrons. The van der Waals surface area contributed by atoms with E-state index in [1.807, 2.05) is 0 Å². The molecule has 2 rings (SSSR count). The van der Waals surface area contributed by atoms with Crippen LogP contribution in [0.1, 0.15) is 16.1 Å². The van der Waals surface area contributed by atoms with E-state index in [0.29, 0.717) is 5.76 Å². The van der Waals surface area contributed by atoms with Crippen LogP contribution in [0.4, 0.5) is 5.82 Å². The van der Waals surface area contributed by atoms with Crippen LogP contribution in [0.2, 0.25) is 0 Å². The third-order valence-electron chi connectivity index (χ3n) is 2.37. The van der Waals surface area contributed by atoms with Gasteiger partial charge >= 0.3 is 5.97 Å². The van der Waals surface area contributed by atoms with Crippen molar-refractivity contribution < 1.29 is 24.0 Å². The van der Waals surface area contributed by atoms with E-state index in [4.69, 9.17) is 14.4 Å². The van der Waals surface area contributed by atoms with Crippen molar-refractivity contribution in [3.8, 4) is 5.75 Å². The van der Waals surface area contributed by atoms with Crippen LogP contribution < -0.4 is 10.1 Å². The predicted molar refractivity (Wildman–Crippen MR) is 68.8 cm³/mol. The summed E-state index contributed by atoms with van der Waals surface area (Å²) in [6.07, 6.45) is 0. The van der Waals surface area contributed by atoms with Gasteiger partial charge in [0.2, 0.25) is 0 Å². The Morgan fingerprint density at radius 2 is 2.15 bits per heavy atom. The minimum atomic E-state index is -1.12. The number of carbonyl (C=O) groups is 2. The number of nitrogens with zero attached hydrogens (tertiary/aromatic N) is 1. The Hall–Kier alpha value is -2.83. The highest BCUT2D eigenvalue weighted by Crippen LogP contribution is 2.17. The van der Waals surface area contributed by atoms with Crippen LogP contribution in [0, 0.1) is 6.92 Å². The van der Waals surface area contributed by atoms with Crippen molar-refractivity contribution in [1.29, 1.82) is 0 Å². The van der Waals surface area contributed by atoms with Gasteiger partial charge in [0.15, 0.2) is 12.4 Å². The molecule has 0 atom stereocenters. The lowest BCUT2D eigenvalue weighted by Gasteiger charge is -2.08. The molecule has 7 heteroatoms. The lowest BCUT2D eigenvalue weighted by atomic mass is 10.2. The van der Waals surface area contributed by atoms with E-state index in [9.17, 15) is 9.59 Å². The molecular formula is C13H12N2O5. The SMILES string of the molecule is Cc1cc(NC(=O)COc2ccccc2C(=O)O)no1. The van der Waals surface area contributed by atoms with E-state index < -0.39 is 11.9 Å². The molecule has 104 valence electrons. The number of ether oxygens (including phenoxy) is 1. The highest BCUT2D eigenvalue weighted by molar-refractivity contribution is 5.92. The van der Waals surface area contributed by atoms with E-state index in [1.165, 1.54) is 12.1 Å². The second-order valence-electron chi connectivity index (χ2n) is 3.96. The lowest BCUT2D eigenvalue weighted by molar-refractivity contribution is -0.118. The van der Waals surface area contributed by atoms with Crippen LogP contribution in [0.25, 0.3) is 0 Å². The number of carbonyl (C=O) groups excluding carboxylic acids is 1. The Morgan fingerprint density at radius 1 is 1.40 bits per heavy atom. The molecule has 1 aromatic heterocycles. The minimum Gasteiger partial charge on any atom is -0.483 e. The molecule has 0 spiro atoms. The van der Waals surface area contributed by atoms with Gasteiger partial charge in [-0.25, -0.2) is 4.79 Å². The first-order valence-corrected chi connectivity index (χ1v) is 5.74. The Kier molecular flexibility index (Phi) is 3.99. The fourth-order valence-corrected chi connectivity index (χ4v) is 1.52. The monoisotopic (exact) mass is 276 g/mol. The number of benzene rings is 1. The van der Waals surface area contributed by atoms with Gasteiger partial charge in [-0.3, -0.25) is 4.79 Å². The molecule has 1 heterocycles. The molecule has 0 aliphatic carbocycles. The second kappa shape index (κ2) is 5.87. The summed E-state index contributed by atoms with van der Waals surface area (Å²) in [4.78, 5) is 22.6. The van der Waals surface area contributed by atoms with Crippen molar-refractivity contribution >= 4 is 17.7 Å². The van der Waals surface area contributed by atoms with E-state index in [2.05, 4.69) is 10.5 Å². The van der Waals surface area contributed by atoms with Gasteiger partial charge in [-0.2, -0.15) is 0 Å². The molecule has 1 amide bonds. The summed E-state index contributed by atoms with van der Waals surface area (Å²) >= 11 is 0. The van der Waals surface area contributed by atoms with Gasteiger partial charge in [0, 0.05) is 6.07 Å². The molecule has 0 aliphatic heterocycles. The minimum absolute atomic E-state index is 0.00224. The summed E-state index contributed by atoms with van der Waals surface area (Å²) in [6, 6.07) is 7.64. The maximum absolute atomic E-state index is 11.6. The number of nitrogens with one attached hydrogen (secondary N) is 1. The zero-order valence-electron chi connectivity index (χ0n) is 10.6. The number of anilines is 1. The molecule has 0 fully saturated rings. The highest BCUT2D eigenvalue weighted by Gasteiger charge is 2.12. The zero-order valence-corrected chi connectivity index (χ0v) is 10.6. The average molecular weight is 276 g/mol. The third kappa shape index (κ3) is 3.35. The molecule has 2 N–H and O–H groups in total. The number of para-hydroxylation sites is 1. The Labute approximate surface area is 114 Å². The van der Waals surface area contributed by atoms with E-state index in [-0.39, 0.29) is 23.7 Å². The van der Waals surface area contributed by atoms with Crippen LogP contribution in [-0.4, -0.2) is 28.7 Å². The van der Waals surface area contributed by atoms with Crippen molar-refractivity contribution in [2.45, 2.75) is 6.92 Å². The van der Waals surface area contributed by atoms with Gasteiger partial charge < -0.3 is 19.7 Å². The van der Waals surface area contributed by atoms with Crippen LogP contribution in [0.5, 0.6) is 5.75 Å². The number of aromatic nitrogens is 1. The number of aryl methyl sites for hydroxylation is 1. The van der Waals surface area contributed by atoms with Crippen molar-refractivity contribution in [1.82, 2.24) is 5.16 Å². The van der Waals surface area contributed by atoms with Gasteiger partial charge in [-0.05, 0) is 19.1 Å². The number of amides is 1. The van der Waals surface area contributed by atoms with Gasteiger partial charge in [0.1, 0.15) is 17.1 Å². The van der Waals surface area contributed by atoms with Gasteiger partial charge in [-0.1, -0.05) is 17.3 Å². The molecule has 0 saturated carbocycles. The smallest absolute Gasteiger partial charge is 0.339 e. The van der Waals surface area contributed by atoms with Crippen LogP contribution in [-0.2, 0) is 4.79 Å². The summed E-state index contributed by atoms with van der Waals surface area (Å²) in [7, 11) is 0. The molecule has 0 unspecified atom stereocenters. The number of rotatable bonds is 5. The highest BCUT2D eigenvalue weighted by atomic mass is 16.5. The third-order valence-corrected chi connectivity index (χ3v) is 2.37. The van der Waals surface area contributed by atoms with Crippen molar-refractivity contribution in [3.05, 3.63) is 41.7 Å². The van der Waals surface area contributed by atoms with Gasteiger partial charge in [0.05, 0.1) is 0 Å². The molecule has 7 nitrogen and oxygen atoms in total. The predicted octanol–water partition coefficient (Wildman–Crippen LogP) is 1.70. The Balaban J connectivity index is 1.95. The summed E-state index contributed by atoms with van der Waals surface area (Å²) < 4.78 is 9.98. The standard InChI is InChI=1S/C13H12N2O5/c1-8-6-11(15-20-8)14-12(16)7-19-10-5-3-2-4-9(10)13(17)18/h2-6H,7H2,1H3,(H,17,18)(H,14,15,16). The van der Waals surface area contributed by atoms with E-state index >= 15 is 0 Å².